The van der Waals surface area contributed by atoms with Gasteiger partial charge in [0.15, 0.2) is 0 Å². The van der Waals surface area contributed by atoms with E-state index in [0.717, 1.165) is 48.8 Å². The van der Waals surface area contributed by atoms with Crippen LogP contribution in [-0.2, 0) is 21.4 Å². The number of fused-ring (bicyclic) bond motifs is 1. The molecule has 8 heteroatoms. The fourth-order valence-electron chi connectivity index (χ4n) is 5.02. The van der Waals surface area contributed by atoms with E-state index in [1.54, 1.807) is 8.61 Å². The van der Waals surface area contributed by atoms with E-state index in [9.17, 15) is 13.5 Å². The molecule has 2 atom stereocenters. The van der Waals surface area contributed by atoms with Gasteiger partial charge in [-0.3, -0.25) is 0 Å². The van der Waals surface area contributed by atoms with Crippen molar-refractivity contribution in [1.29, 1.82) is 0 Å². The Hall–Kier alpha value is -1.19. The molecule has 0 aliphatic carbocycles. The normalized spacial score (nSPS) is 27.7. The summed E-state index contributed by atoms with van der Waals surface area (Å²) in [4.78, 5) is 0. The zero-order valence-electron chi connectivity index (χ0n) is 17.2. The van der Waals surface area contributed by atoms with Crippen molar-refractivity contribution < 1.29 is 18.3 Å². The first kappa shape index (κ1) is 21.1. The molecular formula is C21H33N3O4S. The molecule has 0 spiro atoms. The van der Waals surface area contributed by atoms with Crippen LogP contribution in [0.5, 0.6) is 5.75 Å². The lowest BCUT2D eigenvalue weighted by atomic mass is 9.83. The summed E-state index contributed by atoms with van der Waals surface area (Å²) in [7, 11) is -3.35. The van der Waals surface area contributed by atoms with Crippen LogP contribution in [0, 0.1) is 12.8 Å². The Labute approximate surface area is 174 Å². The molecule has 0 unspecified atom stereocenters. The SMILES string of the molecule is Cc1ccc2c(c1O)C[C@@H](C1CCN(S(=O)(=O)N3CCCCC3)CC1)O[C@H]2CN. The fourth-order valence-corrected chi connectivity index (χ4v) is 6.73. The molecule has 0 radical (unpaired) electrons. The summed E-state index contributed by atoms with van der Waals surface area (Å²) in [5, 5.41) is 10.6. The predicted octanol–water partition coefficient (Wildman–Crippen LogP) is 2.08. The molecule has 3 aliphatic rings. The number of phenols is 1. The van der Waals surface area contributed by atoms with E-state index in [1.165, 1.54) is 0 Å². The molecule has 3 aliphatic heterocycles. The van der Waals surface area contributed by atoms with Crippen LogP contribution in [0.1, 0.15) is 54.9 Å². The number of hydrogen-bond donors (Lipinski definition) is 2. The molecule has 2 saturated heterocycles. The van der Waals surface area contributed by atoms with E-state index in [4.69, 9.17) is 10.5 Å². The van der Waals surface area contributed by atoms with Gasteiger partial charge in [-0.05, 0) is 49.7 Å². The van der Waals surface area contributed by atoms with Gasteiger partial charge in [-0.2, -0.15) is 17.0 Å². The molecule has 162 valence electrons. The fraction of sp³-hybridized carbons (Fsp3) is 0.714. The molecule has 3 N–H and O–H groups in total. The van der Waals surface area contributed by atoms with Gasteiger partial charge >= 0.3 is 0 Å². The largest absolute Gasteiger partial charge is 0.507 e. The van der Waals surface area contributed by atoms with E-state index in [-0.39, 0.29) is 18.1 Å². The Balaban J connectivity index is 1.44. The Morgan fingerprint density at radius 1 is 1.10 bits per heavy atom. The van der Waals surface area contributed by atoms with Crippen molar-refractivity contribution in [2.24, 2.45) is 11.7 Å². The van der Waals surface area contributed by atoms with Gasteiger partial charge in [0.1, 0.15) is 5.75 Å². The monoisotopic (exact) mass is 423 g/mol. The third-order valence-corrected chi connectivity index (χ3v) is 8.85. The molecule has 1 aromatic rings. The summed E-state index contributed by atoms with van der Waals surface area (Å²) >= 11 is 0. The number of nitrogens with zero attached hydrogens (tertiary/aromatic N) is 2. The second-order valence-electron chi connectivity index (χ2n) is 8.61. The zero-order valence-corrected chi connectivity index (χ0v) is 18.0. The summed E-state index contributed by atoms with van der Waals surface area (Å²) < 4.78 is 35.5. The molecule has 0 saturated carbocycles. The highest BCUT2D eigenvalue weighted by Gasteiger charge is 2.39. The first-order valence-corrected chi connectivity index (χ1v) is 12.2. The Kier molecular flexibility index (Phi) is 6.18. The molecular weight excluding hydrogens is 390 g/mol. The van der Waals surface area contributed by atoms with Gasteiger partial charge in [0.25, 0.3) is 10.2 Å². The second-order valence-corrected chi connectivity index (χ2v) is 10.5. The number of ether oxygens (including phenoxy) is 1. The van der Waals surface area contributed by atoms with E-state index in [1.807, 2.05) is 19.1 Å². The first-order chi connectivity index (χ1) is 13.9. The smallest absolute Gasteiger partial charge is 0.281 e. The third-order valence-electron chi connectivity index (χ3n) is 6.82. The summed E-state index contributed by atoms with van der Waals surface area (Å²) in [5.41, 5.74) is 8.75. The van der Waals surface area contributed by atoms with Crippen LogP contribution in [0.25, 0.3) is 0 Å². The van der Waals surface area contributed by atoms with Gasteiger partial charge in [-0.25, -0.2) is 0 Å². The van der Waals surface area contributed by atoms with Gasteiger partial charge in [0.05, 0.1) is 12.2 Å². The van der Waals surface area contributed by atoms with Crippen molar-refractivity contribution in [3.63, 3.8) is 0 Å². The number of piperidine rings is 2. The van der Waals surface area contributed by atoms with Crippen LogP contribution in [-0.4, -0.2) is 61.0 Å². The van der Waals surface area contributed by atoms with Crippen molar-refractivity contribution in [3.8, 4) is 5.75 Å². The van der Waals surface area contributed by atoms with Gasteiger partial charge in [-0.15, -0.1) is 0 Å². The molecule has 3 heterocycles. The maximum absolute atomic E-state index is 12.9. The molecule has 2 fully saturated rings. The van der Waals surface area contributed by atoms with E-state index < -0.39 is 10.2 Å². The van der Waals surface area contributed by atoms with Crippen LogP contribution in [0.15, 0.2) is 12.1 Å². The molecule has 0 bridgehead atoms. The van der Waals surface area contributed by atoms with Crippen LogP contribution in [0.2, 0.25) is 0 Å². The molecule has 7 nitrogen and oxygen atoms in total. The van der Waals surface area contributed by atoms with Crippen molar-refractivity contribution in [3.05, 3.63) is 28.8 Å². The Bertz CT molecular complexity index is 831. The number of hydrogen-bond acceptors (Lipinski definition) is 5. The van der Waals surface area contributed by atoms with E-state index in [2.05, 4.69) is 0 Å². The average molecular weight is 424 g/mol. The average Bonchev–Trinajstić information content (AvgIpc) is 2.76. The lowest BCUT2D eigenvalue weighted by Crippen LogP contribution is -2.50. The van der Waals surface area contributed by atoms with E-state index in [0.29, 0.717) is 44.9 Å². The number of aromatic hydroxyl groups is 1. The highest BCUT2D eigenvalue weighted by molar-refractivity contribution is 7.86. The molecule has 0 amide bonds. The Morgan fingerprint density at radius 3 is 2.41 bits per heavy atom. The number of nitrogens with two attached hydrogens (primary N) is 1. The van der Waals surface area contributed by atoms with Gasteiger partial charge < -0.3 is 15.6 Å². The minimum absolute atomic E-state index is 0.0383. The van der Waals surface area contributed by atoms with E-state index >= 15 is 0 Å². The standard InChI is InChI=1S/C21H33N3O4S/c1-15-5-6-17-18(21(15)25)13-19(28-20(17)14-22)16-7-11-24(12-8-16)29(26,27)23-9-3-2-4-10-23/h5-6,16,19-20,25H,2-4,7-14,22H2,1H3/t19-,20-/m0/s1. The molecule has 29 heavy (non-hydrogen) atoms. The minimum Gasteiger partial charge on any atom is -0.507 e. The van der Waals surface area contributed by atoms with Crippen LogP contribution >= 0.6 is 0 Å². The summed E-state index contributed by atoms with van der Waals surface area (Å²) in [6, 6.07) is 3.91. The van der Waals surface area contributed by atoms with Crippen molar-refractivity contribution in [1.82, 2.24) is 8.61 Å². The topological polar surface area (TPSA) is 96.1 Å². The highest BCUT2D eigenvalue weighted by Crippen LogP contribution is 2.40. The van der Waals surface area contributed by atoms with Crippen molar-refractivity contribution >= 4 is 10.2 Å². The minimum atomic E-state index is -3.35. The van der Waals surface area contributed by atoms with Crippen LogP contribution < -0.4 is 5.73 Å². The van der Waals surface area contributed by atoms with Gasteiger partial charge in [0, 0.05) is 44.7 Å². The van der Waals surface area contributed by atoms with Crippen molar-refractivity contribution in [2.45, 2.75) is 57.7 Å². The van der Waals surface area contributed by atoms with Gasteiger partial charge in [0.2, 0.25) is 0 Å². The maximum Gasteiger partial charge on any atom is 0.281 e. The maximum atomic E-state index is 12.9. The van der Waals surface area contributed by atoms with Crippen molar-refractivity contribution in [2.75, 3.05) is 32.7 Å². The van der Waals surface area contributed by atoms with Gasteiger partial charge in [-0.1, -0.05) is 18.6 Å². The molecule has 1 aromatic carbocycles. The quantitative estimate of drug-likeness (QED) is 0.773. The lowest BCUT2D eigenvalue weighted by Gasteiger charge is -2.41. The van der Waals surface area contributed by atoms with Crippen LogP contribution in [0.3, 0.4) is 0 Å². The number of phenolic OH excluding ortho intramolecular Hbond substituents is 1. The van der Waals surface area contributed by atoms with Crippen LogP contribution in [0.4, 0.5) is 0 Å². The molecule has 0 aromatic heterocycles. The summed E-state index contributed by atoms with van der Waals surface area (Å²) in [6.07, 6.45) is 4.97. The summed E-state index contributed by atoms with van der Waals surface area (Å²) in [6.45, 7) is 4.62. The highest BCUT2D eigenvalue weighted by atomic mass is 32.2. The third kappa shape index (κ3) is 4.05. The second kappa shape index (κ2) is 8.51. The lowest BCUT2D eigenvalue weighted by molar-refractivity contribution is -0.0614. The molecule has 4 rings (SSSR count). The zero-order chi connectivity index (χ0) is 20.6. The Morgan fingerprint density at radius 2 is 1.76 bits per heavy atom. The number of aryl methyl sites for hydroxylation is 1. The first-order valence-electron chi connectivity index (χ1n) is 10.8. The number of benzene rings is 1. The summed E-state index contributed by atoms with van der Waals surface area (Å²) in [5.74, 6) is 0.615. The number of rotatable bonds is 4. The predicted molar refractivity (Wildman–Crippen MR) is 112 cm³/mol.